The van der Waals surface area contributed by atoms with Gasteiger partial charge < -0.3 is 9.64 Å². The third kappa shape index (κ3) is 5.03. The molecule has 1 aliphatic carbocycles. The molecule has 1 saturated carbocycles. The van der Waals surface area contributed by atoms with Crippen LogP contribution in [0.2, 0.25) is 0 Å². The van der Waals surface area contributed by atoms with E-state index < -0.39 is 11.5 Å². The molecule has 0 unspecified atom stereocenters. The summed E-state index contributed by atoms with van der Waals surface area (Å²) in [6.45, 7) is -0.332. The zero-order valence-electron chi connectivity index (χ0n) is 16.8. The first-order valence-electron chi connectivity index (χ1n) is 10.0. The third-order valence-electron chi connectivity index (χ3n) is 5.67. The molecule has 0 radical (unpaired) electrons. The van der Waals surface area contributed by atoms with Crippen LogP contribution >= 0.6 is 0 Å². The van der Waals surface area contributed by atoms with E-state index in [0.29, 0.717) is 12.8 Å². The quantitative estimate of drug-likeness (QED) is 0.696. The number of carbonyl (C=O) groups excluding carboxylic acids is 2. The highest BCUT2D eigenvalue weighted by Gasteiger charge is 2.38. The Hall–Kier alpha value is -3.13. The minimum Gasteiger partial charge on any atom is -0.455 e. The van der Waals surface area contributed by atoms with E-state index in [1.165, 1.54) is 4.90 Å². The van der Waals surface area contributed by atoms with Gasteiger partial charge in [0.1, 0.15) is 5.54 Å². The molecule has 3 rings (SSSR count). The summed E-state index contributed by atoms with van der Waals surface area (Å²) in [7, 11) is 1.63. The number of benzene rings is 2. The molecule has 1 amide bonds. The van der Waals surface area contributed by atoms with Crippen molar-refractivity contribution < 1.29 is 14.3 Å². The molecular weight excluding hydrogens is 364 g/mol. The van der Waals surface area contributed by atoms with Crippen LogP contribution in [0.1, 0.15) is 37.7 Å². The summed E-state index contributed by atoms with van der Waals surface area (Å²) in [5, 5.41) is 9.59. The number of nitriles is 1. The van der Waals surface area contributed by atoms with E-state index in [1.807, 2.05) is 54.6 Å². The van der Waals surface area contributed by atoms with Gasteiger partial charge in [0.2, 0.25) is 0 Å². The molecular formula is C24H26N2O3. The van der Waals surface area contributed by atoms with Crippen molar-refractivity contribution in [1.82, 2.24) is 4.90 Å². The molecule has 0 N–H and O–H groups in total. The SMILES string of the molecule is CN(C(=O)COC(=O)Cc1ccc(-c2ccccc2)cc1)C1(C#N)CCCCC1. The molecule has 5 heteroatoms. The van der Waals surface area contributed by atoms with Gasteiger partial charge >= 0.3 is 5.97 Å². The highest BCUT2D eigenvalue weighted by atomic mass is 16.5. The molecule has 0 bridgehead atoms. The number of rotatable bonds is 6. The highest BCUT2D eigenvalue weighted by molar-refractivity contribution is 5.82. The van der Waals surface area contributed by atoms with E-state index >= 15 is 0 Å². The van der Waals surface area contributed by atoms with E-state index in [2.05, 4.69) is 6.07 Å². The minimum atomic E-state index is -0.769. The van der Waals surface area contributed by atoms with Gasteiger partial charge in [-0.15, -0.1) is 0 Å². The van der Waals surface area contributed by atoms with Crippen molar-refractivity contribution in [3.63, 3.8) is 0 Å². The Balaban J connectivity index is 1.52. The molecule has 0 atom stereocenters. The number of hydrogen-bond donors (Lipinski definition) is 0. The maximum atomic E-state index is 12.5. The molecule has 0 aliphatic heterocycles. The lowest BCUT2D eigenvalue weighted by atomic mass is 9.81. The van der Waals surface area contributed by atoms with Crippen molar-refractivity contribution in [1.29, 1.82) is 5.26 Å². The summed E-state index contributed by atoms with van der Waals surface area (Å²) < 4.78 is 5.18. The number of esters is 1. The van der Waals surface area contributed by atoms with Crippen molar-refractivity contribution in [2.24, 2.45) is 0 Å². The molecule has 5 nitrogen and oxygen atoms in total. The Kier molecular flexibility index (Phi) is 6.66. The first-order chi connectivity index (χ1) is 14.0. The standard InChI is InChI=1S/C24H26N2O3/c1-26(24(18-25)14-6-3-7-15-24)22(27)17-29-23(28)16-19-10-12-21(13-11-19)20-8-4-2-5-9-20/h2,4-5,8-13H,3,6-7,14-17H2,1H3. The molecule has 0 spiro atoms. The van der Waals surface area contributed by atoms with Crippen LogP contribution in [0.3, 0.4) is 0 Å². The van der Waals surface area contributed by atoms with E-state index in [1.54, 1.807) is 7.05 Å². The van der Waals surface area contributed by atoms with Gasteiger partial charge in [0.25, 0.3) is 5.91 Å². The molecule has 29 heavy (non-hydrogen) atoms. The molecule has 0 saturated heterocycles. The first kappa shape index (κ1) is 20.6. The first-order valence-corrected chi connectivity index (χ1v) is 10.0. The smallest absolute Gasteiger partial charge is 0.310 e. The summed E-state index contributed by atoms with van der Waals surface area (Å²) in [6, 6.07) is 20.0. The van der Waals surface area contributed by atoms with Gasteiger partial charge in [-0.1, -0.05) is 73.9 Å². The number of likely N-dealkylation sites (N-methyl/N-ethyl adjacent to an activating group) is 1. The third-order valence-corrected chi connectivity index (χ3v) is 5.67. The molecule has 1 fully saturated rings. The second-order valence-electron chi connectivity index (χ2n) is 7.56. The number of amides is 1. The lowest BCUT2D eigenvalue weighted by molar-refractivity contribution is -0.153. The van der Waals surface area contributed by atoms with Gasteiger partial charge in [0.15, 0.2) is 6.61 Å². The van der Waals surface area contributed by atoms with Crippen LogP contribution in [-0.2, 0) is 20.7 Å². The Morgan fingerprint density at radius 1 is 1.00 bits per heavy atom. The summed E-state index contributed by atoms with van der Waals surface area (Å²) in [4.78, 5) is 26.1. The summed E-state index contributed by atoms with van der Waals surface area (Å²) in [5.41, 5.74) is 2.25. The predicted octanol–water partition coefficient (Wildman–Crippen LogP) is 4.12. The van der Waals surface area contributed by atoms with Crippen molar-refractivity contribution in [2.45, 2.75) is 44.1 Å². The molecule has 0 aromatic heterocycles. The van der Waals surface area contributed by atoms with Crippen molar-refractivity contribution in [2.75, 3.05) is 13.7 Å². The zero-order valence-corrected chi connectivity index (χ0v) is 16.8. The van der Waals surface area contributed by atoms with Crippen LogP contribution in [0.5, 0.6) is 0 Å². The van der Waals surface area contributed by atoms with E-state index in [9.17, 15) is 14.9 Å². The highest BCUT2D eigenvalue weighted by Crippen LogP contribution is 2.32. The lowest BCUT2D eigenvalue weighted by Gasteiger charge is -2.38. The Bertz CT molecular complexity index is 879. The van der Waals surface area contributed by atoms with E-state index in [0.717, 1.165) is 36.0 Å². The Labute approximate surface area is 171 Å². The van der Waals surface area contributed by atoms with Crippen molar-refractivity contribution in [3.8, 4) is 17.2 Å². The number of ether oxygens (including phenoxy) is 1. The van der Waals surface area contributed by atoms with Gasteiger partial charge in [0.05, 0.1) is 12.5 Å². The molecule has 2 aromatic rings. The average molecular weight is 390 g/mol. The molecule has 1 aliphatic rings. The predicted molar refractivity (Wildman–Crippen MR) is 111 cm³/mol. The minimum absolute atomic E-state index is 0.107. The lowest BCUT2D eigenvalue weighted by Crippen LogP contribution is -2.51. The van der Waals surface area contributed by atoms with Crippen molar-refractivity contribution >= 4 is 11.9 Å². The van der Waals surface area contributed by atoms with Crippen LogP contribution in [0.25, 0.3) is 11.1 Å². The van der Waals surface area contributed by atoms with Crippen LogP contribution in [0.15, 0.2) is 54.6 Å². The van der Waals surface area contributed by atoms with Gasteiger partial charge in [-0.2, -0.15) is 5.26 Å². The fraction of sp³-hybridized carbons (Fsp3) is 0.375. The second-order valence-corrected chi connectivity index (χ2v) is 7.56. The Morgan fingerprint density at radius 3 is 2.24 bits per heavy atom. The number of carbonyl (C=O) groups is 2. The molecule has 150 valence electrons. The summed E-state index contributed by atoms with van der Waals surface area (Å²) in [6.07, 6.45) is 4.41. The van der Waals surface area contributed by atoms with Crippen molar-refractivity contribution in [3.05, 3.63) is 60.2 Å². The van der Waals surface area contributed by atoms with Crippen LogP contribution in [-0.4, -0.2) is 36.0 Å². The normalized spacial score (nSPS) is 15.2. The van der Waals surface area contributed by atoms with Gasteiger partial charge in [-0.25, -0.2) is 0 Å². The fourth-order valence-corrected chi connectivity index (χ4v) is 3.80. The second kappa shape index (κ2) is 9.38. The maximum Gasteiger partial charge on any atom is 0.310 e. The maximum absolute atomic E-state index is 12.5. The van der Waals surface area contributed by atoms with E-state index in [4.69, 9.17) is 4.74 Å². The van der Waals surface area contributed by atoms with Gasteiger partial charge in [-0.05, 0) is 29.5 Å². The van der Waals surface area contributed by atoms with Crippen LogP contribution in [0, 0.1) is 11.3 Å². The topological polar surface area (TPSA) is 70.4 Å². The summed E-state index contributed by atoms with van der Waals surface area (Å²) in [5.74, 6) is -0.782. The average Bonchev–Trinajstić information content (AvgIpc) is 2.78. The van der Waals surface area contributed by atoms with Crippen LogP contribution < -0.4 is 0 Å². The zero-order chi connectivity index (χ0) is 20.7. The van der Waals surface area contributed by atoms with Gasteiger partial charge in [-0.3, -0.25) is 9.59 Å². The van der Waals surface area contributed by atoms with Gasteiger partial charge in [0, 0.05) is 7.05 Å². The largest absolute Gasteiger partial charge is 0.455 e. The molecule has 0 heterocycles. The molecule has 2 aromatic carbocycles. The Morgan fingerprint density at radius 2 is 1.62 bits per heavy atom. The van der Waals surface area contributed by atoms with E-state index in [-0.39, 0.29) is 18.9 Å². The van der Waals surface area contributed by atoms with Crippen LogP contribution in [0.4, 0.5) is 0 Å². The number of hydrogen-bond acceptors (Lipinski definition) is 4. The monoisotopic (exact) mass is 390 g/mol. The fourth-order valence-electron chi connectivity index (χ4n) is 3.80. The summed E-state index contributed by atoms with van der Waals surface area (Å²) >= 11 is 0. The number of nitrogens with zero attached hydrogens (tertiary/aromatic N) is 2.